The van der Waals surface area contributed by atoms with Gasteiger partial charge in [0.1, 0.15) is 18.5 Å². The number of benzene rings is 1. The molecule has 5 atom stereocenters. The Morgan fingerprint density at radius 3 is 2.11 bits per heavy atom. The molecule has 1 aromatic carbocycles. The van der Waals surface area contributed by atoms with Crippen LogP contribution in [0.3, 0.4) is 0 Å². The molecule has 148 valence electrons. The first-order valence-corrected chi connectivity index (χ1v) is 8.27. The van der Waals surface area contributed by atoms with Gasteiger partial charge in [-0.05, 0) is 12.1 Å². The molecule has 0 aromatic heterocycles. The van der Waals surface area contributed by atoms with Gasteiger partial charge >= 0.3 is 17.9 Å². The Hall–Kier alpha value is -2.68. The maximum absolute atomic E-state index is 15.0. The Kier molecular flexibility index (Phi) is 7.12. The molecule has 0 spiro atoms. The van der Waals surface area contributed by atoms with Gasteiger partial charge in [-0.25, -0.2) is 4.39 Å². The smallest absolute Gasteiger partial charge is 0.303 e. The minimum absolute atomic E-state index is 0.323. The molecule has 1 heterocycles. The van der Waals surface area contributed by atoms with Crippen LogP contribution in [0.25, 0.3) is 0 Å². The summed E-state index contributed by atoms with van der Waals surface area (Å²) in [6.45, 7) is 3.06. The average Bonchev–Trinajstić information content (AvgIpc) is 2.59. The van der Waals surface area contributed by atoms with Crippen molar-refractivity contribution < 1.29 is 42.5 Å². The molecular weight excluding hydrogens is 363 g/mol. The number of rotatable bonds is 6. The lowest BCUT2D eigenvalue weighted by molar-refractivity contribution is -0.271. The number of ether oxygens (including phenoxy) is 5. The maximum Gasteiger partial charge on any atom is 0.303 e. The van der Waals surface area contributed by atoms with Crippen LogP contribution in [-0.2, 0) is 33.3 Å². The Bertz CT molecular complexity index is 665. The van der Waals surface area contributed by atoms with Crippen molar-refractivity contribution in [3.05, 3.63) is 30.3 Å². The van der Waals surface area contributed by atoms with Crippen LogP contribution in [-0.4, -0.2) is 55.3 Å². The van der Waals surface area contributed by atoms with Gasteiger partial charge in [0.15, 0.2) is 12.2 Å². The zero-order valence-electron chi connectivity index (χ0n) is 15.1. The highest BCUT2D eigenvalue weighted by molar-refractivity contribution is 5.67. The minimum atomic E-state index is -1.95. The lowest BCUT2D eigenvalue weighted by Gasteiger charge is -2.41. The standard InChI is InChI=1S/C18H21FO8/c1-10(20)23-9-14-16(24-11(2)21)17(25-12(3)22)15(19)18(27-14)26-13-7-5-4-6-8-13/h4-8,14-18H,9H2,1-3H3/t14-,15-,16-,17-,18-/m1/s1. The molecule has 0 aliphatic carbocycles. The molecule has 1 aliphatic heterocycles. The van der Waals surface area contributed by atoms with Gasteiger partial charge in [-0.15, -0.1) is 0 Å². The van der Waals surface area contributed by atoms with E-state index in [0.717, 1.165) is 13.8 Å². The lowest BCUT2D eigenvalue weighted by atomic mass is 9.99. The van der Waals surface area contributed by atoms with Crippen LogP contribution < -0.4 is 4.74 Å². The predicted octanol–water partition coefficient (Wildman–Crippen LogP) is 1.55. The fraction of sp³-hybridized carbons (Fsp3) is 0.500. The van der Waals surface area contributed by atoms with E-state index in [1.165, 1.54) is 6.92 Å². The van der Waals surface area contributed by atoms with Gasteiger partial charge in [-0.2, -0.15) is 0 Å². The first-order valence-electron chi connectivity index (χ1n) is 8.27. The van der Waals surface area contributed by atoms with Crippen LogP contribution in [0.1, 0.15) is 20.8 Å². The normalized spacial score (nSPS) is 27.3. The van der Waals surface area contributed by atoms with Crippen LogP contribution in [0.5, 0.6) is 5.75 Å². The van der Waals surface area contributed by atoms with Gasteiger partial charge in [0.2, 0.25) is 12.5 Å². The molecule has 0 N–H and O–H groups in total. The Balaban J connectivity index is 2.27. The van der Waals surface area contributed by atoms with Crippen molar-refractivity contribution in [1.82, 2.24) is 0 Å². The Morgan fingerprint density at radius 1 is 0.963 bits per heavy atom. The number of alkyl halides is 1. The van der Waals surface area contributed by atoms with Crippen molar-refractivity contribution in [2.24, 2.45) is 0 Å². The van der Waals surface area contributed by atoms with Crippen molar-refractivity contribution in [3.63, 3.8) is 0 Å². The summed E-state index contributed by atoms with van der Waals surface area (Å²) in [4.78, 5) is 34.0. The second-order valence-corrected chi connectivity index (χ2v) is 5.87. The third-order valence-electron chi connectivity index (χ3n) is 3.62. The van der Waals surface area contributed by atoms with Crippen molar-refractivity contribution in [2.75, 3.05) is 6.61 Å². The second kappa shape index (κ2) is 9.31. The van der Waals surface area contributed by atoms with Crippen molar-refractivity contribution in [3.8, 4) is 5.75 Å². The van der Waals surface area contributed by atoms with E-state index in [2.05, 4.69) is 0 Å². The van der Waals surface area contributed by atoms with E-state index in [1.54, 1.807) is 30.3 Å². The zero-order valence-corrected chi connectivity index (χ0v) is 15.1. The summed E-state index contributed by atoms with van der Waals surface area (Å²) in [6.07, 6.45) is -7.31. The van der Waals surface area contributed by atoms with E-state index in [9.17, 15) is 14.4 Å². The fourth-order valence-electron chi connectivity index (χ4n) is 2.59. The van der Waals surface area contributed by atoms with Crippen molar-refractivity contribution in [1.29, 1.82) is 0 Å². The summed E-state index contributed by atoms with van der Waals surface area (Å²) >= 11 is 0. The molecule has 1 saturated heterocycles. The summed E-state index contributed by atoms with van der Waals surface area (Å²) in [5.74, 6) is -1.79. The molecule has 8 nitrogen and oxygen atoms in total. The molecule has 0 bridgehead atoms. The maximum atomic E-state index is 15.0. The highest BCUT2D eigenvalue weighted by Crippen LogP contribution is 2.30. The monoisotopic (exact) mass is 384 g/mol. The van der Waals surface area contributed by atoms with Gasteiger partial charge < -0.3 is 23.7 Å². The highest BCUT2D eigenvalue weighted by atomic mass is 19.1. The molecule has 1 aromatic rings. The predicted molar refractivity (Wildman–Crippen MR) is 88.4 cm³/mol. The number of hydrogen-bond donors (Lipinski definition) is 0. The van der Waals surface area contributed by atoms with E-state index in [-0.39, 0.29) is 6.61 Å². The van der Waals surface area contributed by atoms with Gasteiger partial charge in [-0.3, -0.25) is 14.4 Å². The van der Waals surface area contributed by atoms with Crippen LogP contribution >= 0.6 is 0 Å². The van der Waals surface area contributed by atoms with Crippen LogP contribution in [0.4, 0.5) is 4.39 Å². The van der Waals surface area contributed by atoms with Crippen LogP contribution in [0.15, 0.2) is 30.3 Å². The molecule has 9 heteroatoms. The second-order valence-electron chi connectivity index (χ2n) is 5.87. The Labute approximate surface area is 155 Å². The molecule has 0 amide bonds. The van der Waals surface area contributed by atoms with E-state index < -0.39 is 48.7 Å². The largest absolute Gasteiger partial charge is 0.463 e. The number of para-hydroxylation sites is 1. The summed E-state index contributed by atoms with van der Waals surface area (Å²) in [5, 5.41) is 0. The molecule has 0 unspecified atom stereocenters. The van der Waals surface area contributed by atoms with E-state index >= 15 is 4.39 Å². The third-order valence-corrected chi connectivity index (χ3v) is 3.62. The zero-order chi connectivity index (χ0) is 20.0. The fourth-order valence-corrected chi connectivity index (χ4v) is 2.59. The SMILES string of the molecule is CC(=O)OC[C@H]1O[C@@H](Oc2ccccc2)[C@H](F)[C@@H](OC(C)=O)[C@@H]1OC(C)=O. The summed E-state index contributed by atoms with van der Waals surface area (Å²) in [6, 6.07) is 8.32. The highest BCUT2D eigenvalue weighted by Gasteiger charge is 2.52. The number of carbonyl (C=O) groups excluding carboxylic acids is 3. The number of halogens is 1. The summed E-state index contributed by atoms with van der Waals surface area (Å²) in [5.41, 5.74) is 0. The average molecular weight is 384 g/mol. The number of hydrogen-bond acceptors (Lipinski definition) is 8. The van der Waals surface area contributed by atoms with E-state index in [0.29, 0.717) is 5.75 Å². The van der Waals surface area contributed by atoms with Gasteiger partial charge in [0.25, 0.3) is 0 Å². The Morgan fingerprint density at radius 2 is 1.56 bits per heavy atom. The number of esters is 3. The molecule has 1 fully saturated rings. The summed E-state index contributed by atoms with van der Waals surface area (Å²) < 4.78 is 41.1. The van der Waals surface area contributed by atoms with E-state index in [1.807, 2.05) is 0 Å². The third kappa shape index (κ3) is 5.92. The topological polar surface area (TPSA) is 97.4 Å². The molecule has 2 rings (SSSR count). The molecule has 1 aliphatic rings. The summed E-state index contributed by atoms with van der Waals surface area (Å²) in [7, 11) is 0. The van der Waals surface area contributed by atoms with Crippen LogP contribution in [0.2, 0.25) is 0 Å². The molecular formula is C18H21FO8. The van der Waals surface area contributed by atoms with Crippen molar-refractivity contribution in [2.45, 2.75) is 51.5 Å². The van der Waals surface area contributed by atoms with E-state index in [4.69, 9.17) is 23.7 Å². The van der Waals surface area contributed by atoms with Gasteiger partial charge in [0.05, 0.1) is 0 Å². The lowest BCUT2D eigenvalue weighted by Crippen LogP contribution is -2.61. The molecule has 0 saturated carbocycles. The first kappa shape index (κ1) is 20.6. The van der Waals surface area contributed by atoms with Gasteiger partial charge in [0, 0.05) is 20.8 Å². The van der Waals surface area contributed by atoms with Gasteiger partial charge in [-0.1, -0.05) is 18.2 Å². The van der Waals surface area contributed by atoms with Crippen LogP contribution in [0, 0.1) is 0 Å². The first-order chi connectivity index (χ1) is 12.8. The molecule has 0 radical (unpaired) electrons. The quantitative estimate of drug-likeness (QED) is 0.538. The number of carbonyl (C=O) groups is 3. The van der Waals surface area contributed by atoms with Crippen molar-refractivity contribution >= 4 is 17.9 Å². The molecule has 27 heavy (non-hydrogen) atoms. The minimum Gasteiger partial charge on any atom is -0.463 e.